The maximum Gasteiger partial charge on any atom is 0.234 e. The predicted molar refractivity (Wildman–Crippen MR) is 77.0 cm³/mol. The van der Waals surface area contributed by atoms with Gasteiger partial charge in [0.1, 0.15) is 5.03 Å². The fraction of sp³-hybridized carbons (Fsp3) is 0.154. The summed E-state index contributed by atoms with van der Waals surface area (Å²) in [5.74, 6) is 0.191. The second kappa shape index (κ2) is 6.19. The van der Waals surface area contributed by atoms with E-state index in [1.54, 1.807) is 24.7 Å². The second-order valence-corrected chi connectivity index (χ2v) is 4.90. The van der Waals surface area contributed by atoms with Crippen LogP contribution in [0.5, 0.6) is 0 Å². The number of nitrogens with two attached hydrogens (primary N) is 1. The number of anilines is 2. The molecule has 5 nitrogen and oxygen atoms in total. The minimum absolute atomic E-state index is 0.0932. The van der Waals surface area contributed by atoms with Gasteiger partial charge in [0.25, 0.3) is 0 Å². The van der Waals surface area contributed by atoms with Crippen LogP contribution in [0, 0.1) is 6.92 Å². The summed E-state index contributed by atoms with van der Waals surface area (Å²) in [6.07, 6.45) is 4.83. The Balaban J connectivity index is 1.93. The second-order valence-electron chi connectivity index (χ2n) is 3.90. The molecule has 19 heavy (non-hydrogen) atoms. The number of nitrogen functional groups attached to an aromatic ring is 1. The lowest BCUT2D eigenvalue weighted by molar-refractivity contribution is -0.113. The van der Waals surface area contributed by atoms with Gasteiger partial charge in [-0.2, -0.15) is 0 Å². The number of carbonyl (C=O) groups excluding carboxylic acids is 1. The smallest absolute Gasteiger partial charge is 0.234 e. The van der Waals surface area contributed by atoms with E-state index in [9.17, 15) is 4.79 Å². The van der Waals surface area contributed by atoms with E-state index < -0.39 is 0 Å². The number of hydrogen-bond donors (Lipinski definition) is 2. The number of nitrogens with one attached hydrogen (secondary N) is 1. The zero-order chi connectivity index (χ0) is 13.7. The van der Waals surface area contributed by atoms with Crippen molar-refractivity contribution in [1.29, 1.82) is 0 Å². The molecule has 6 heteroatoms. The van der Waals surface area contributed by atoms with Crippen LogP contribution in [0.25, 0.3) is 0 Å². The van der Waals surface area contributed by atoms with E-state index in [0.29, 0.717) is 5.69 Å². The summed E-state index contributed by atoms with van der Waals surface area (Å²) in [6, 6.07) is 5.45. The largest absolute Gasteiger partial charge is 0.398 e. The molecule has 0 atom stereocenters. The fourth-order valence-corrected chi connectivity index (χ4v) is 2.10. The van der Waals surface area contributed by atoms with E-state index in [2.05, 4.69) is 15.3 Å². The number of benzene rings is 1. The molecule has 0 bridgehead atoms. The third-order valence-corrected chi connectivity index (χ3v) is 3.45. The van der Waals surface area contributed by atoms with Crippen LogP contribution >= 0.6 is 11.8 Å². The standard InChI is InChI=1S/C13H14N4OS/c1-9-10(14)3-2-4-11(9)17-12(18)8-19-13-7-15-5-6-16-13/h2-7H,8,14H2,1H3,(H,17,18). The maximum atomic E-state index is 11.8. The van der Waals surface area contributed by atoms with Crippen molar-refractivity contribution < 1.29 is 4.79 Å². The quantitative estimate of drug-likeness (QED) is 0.659. The van der Waals surface area contributed by atoms with Crippen molar-refractivity contribution >= 4 is 29.0 Å². The summed E-state index contributed by atoms with van der Waals surface area (Å²) in [5, 5.41) is 3.56. The minimum Gasteiger partial charge on any atom is -0.398 e. The zero-order valence-corrected chi connectivity index (χ0v) is 11.3. The minimum atomic E-state index is -0.0932. The summed E-state index contributed by atoms with van der Waals surface area (Å²) < 4.78 is 0. The Morgan fingerprint density at radius 3 is 3.00 bits per heavy atom. The molecular formula is C13H14N4OS. The summed E-state index contributed by atoms with van der Waals surface area (Å²) in [6.45, 7) is 1.88. The predicted octanol–water partition coefficient (Wildman–Crippen LogP) is 2.10. The molecule has 3 N–H and O–H groups in total. The first-order valence-corrected chi connectivity index (χ1v) is 6.69. The Morgan fingerprint density at radius 2 is 2.26 bits per heavy atom. The molecule has 1 amide bonds. The molecule has 0 unspecified atom stereocenters. The molecule has 0 spiro atoms. The van der Waals surface area contributed by atoms with Gasteiger partial charge >= 0.3 is 0 Å². The van der Waals surface area contributed by atoms with Crippen molar-refractivity contribution in [2.75, 3.05) is 16.8 Å². The molecule has 2 aromatic rings. The van der Waals surface area contributed by atoms with Gasteiger partial charge in [0.2, 0.25) is 5.91 Å². The van der Waals surface area contributed by atoms with Crippen LogP contribution in [0.2, 0.25) is 0 Å². The number of amides is 1. The number of rotatable bonds is 4. The number of carbonyl (C=O) groups is 1. The molecule has 1 aromatic heterocycles. The third-order valence-electron chi connectivity index (χ3n) is 2.54. The summed E-state index contributed by atoms with van der Waals surface area (Å²) in [5.41, 5.74) is 8.07. The first-order chi connectivity index (χ1) is 9.16. The van der Waals surface area contributed by atoms with Crippen molar-refractivity contribution in [1.82, 2.24) is 9.97 Å². The van der Waals surface area contributed by atoms with Crippen LogP contribution in [0.15, 0.2) is 41.8 Å². The van der Waals surface area contributed by atoms with Crippen molar-refractivity contribution in [3.63, 3.8) is 0 Å². The molecule has 0 saturated carbocycles. The normalized spacial score (nSPS) is 10.2. The number of thioether (sulfide) groups is 1. The number of nitrogens with zero attached hydrogens (tertiary/aromatic N) is 2. The Bertz CT molecular complexity index is 574. The van der Waals surface area contributed by atoms with Gasteiger partial charge in [-0.25, -0.2) is 4.98 Å². The van der Waals surface area contributed by atoms with E-state index in [0.717, 1.165) is 16.3 Å². The molecule has 0 saturated heterocycles. The molecule has 0 aliphatic heterocycles. The number of aromatic nitrogens is 2. The molecule has 0 fully saturated rings. The molecule has 0 radical (unpaired) electrons. The van der Waals surface area contributed by atoms with Crippen molar-refractivity contribution in [2.45, 2.75) is 11.9 Å². The van der Waals surface area contributed by atoms with Crippen LogP contribution in [0.1, 0.15) is 5.56 Å². The van der Waals surface area contributed by atoms with Gasteiger partial charge in [0.05, 0.1) is 11.9 Å². The van der Waals surface area contributed by atoms with Gasteiger partial charge < -0.3 is 11.1 Å². The maximum absolute atomic E-state index is 11.8. The van der Waals surface area contributed by atoms with Gasteiger partial charge in [-0.15, -0.1) is 0 Å². The van der Waals surface area contributed by atoms with Crippen LogP contribution in [0.3, 0.4) is 0 Å². The lowest BCUT2D eigenvalue weighted by atomic mass is 10.1. The Morgan fingerprint density at radius 1 is 1.42 bits per heavy atom. The van der Waals surface area contributed by atoms with E-state index in [1.807, 2.05) is 19.1 Å². The molecule has 1 aromatic carbocycles. The average Bonchev–Trinajstić information content (AvgIpc) is 2.43. The SMILES string of the molecule is Cc1c(N)cccc1NC(=O)CSc1cnccn1. The Kier molecular flexibility index (Phi) is 4.35. The summed E-state index contributed by atoms with van der Waals surface area (Å²) in [7, 11) is 0. The third kappa shape index (κ3) is 3.69. The lowest BCUT2D eigenvalue weighted by Crippen LogP contribution is -2.15. The first-order valence-electron chi connectivity index (χ1n) is 5.70. The van der Waals surface area contributed by atoms with Crippen LogP contribution < -0.4 is 11.1 Å². The van der Waals surface area contributed by atoms with Crippen LogP contribution in [-0.2, 0) is 4.79 Å². The monoisotopic (exact) mass is 274 g/mol. The first kappa shape index (κ1) is 13.4. The van der Waals surface area contributed by atoms with Gasteiger partial charge in [0.15, 0.2) is 0 Å². The average molecular weight is 274 g/mol. The lowest BCUT2D eigenvalue weighted by Gasteiger charge is -2.09. The summed E-state index contributed by atoms with van der Waals surface area (Å²) in [4.78, 5) is 19.9. The van der Waals surface area contributed by atoms with E-state index in [4.69, 9.17) is 5.73 Å². The summed E-state index contributed by atoms with van der Waals surface area (Å²) >= 11 is 1.34. The van der Waals surface area contributed by atoms with Crippen molar-refractivity contribution in [3.05, 3.63) is 42.4 Å². The van der Waals surface area contributed by atoms with Crippen molar-refractivity contribution in [3.8, 4) is 0 Å². The van der Waals surface area contributed by atoms with E-state index in [-0.39, 0.29) is 11.7 Å². The Labute approximate surface area is 115 Å². The molecular weight excluding hydrogens is 260 g/mol. The van der Waals surface area contributed by atoms with E-state index >= 15 is 0 Å². The van der Waals surface area contributed by atoms with Gasteiger partial charge in [-0.05, 0) is 24.6 Å². The highest BCUT2D eigenvalue weighted by molar-refractivity contribution is 7.99. The topological polar surface area (TPSA) is 80.9 Å². The molecule has 1 heterocycles. The van der Waals surface area contributed by atoms with Crippen LogP contribution in [0.4, 0.5) is 11.4 Å². The fourth-order valence-electron chi connectivity index (χ4n) is 1.47. The van der Waals surface area contributed by atoms with Crippen molar-refractivity contribution in [2.24, 2.45) is 0 Å². The highest BCUT2D eigenvalue weighted by Gasteiger charge is 2.07. The van der Waals surface area contributed by atoms with Gasteiger partial charge in [-0.1, -0.05) is 17.8 Å². The zero-order valence-electron chi connectivity index (χ0n) is 10.5. The molecule has 2 rings (SSSR count). The van der Waals surface area contributed by atoms with Gasteiger partial charge in [-0.3, -0.25) is 9.78 Å². The highest BCUT2D eigenvalue weighted by atomic mass is 32.2. The molecule has 0 aliphatic rings. The highest BCUT2D eigenvalue weighted by Crippen LogP contribution is 2.21. The van der Waals surface area contributed by atoms with Crippen LogP contribution in [-0.4, -0.2) is 21.6 Å². The molecule has 0 aliphatic carbocycles. The molecule has 98 valence electrons. The van der Waals surface area contributed by atoms with E-state index in [1.165, 1.54) is 11.8 Å². The Hall–Kier alpha value is -2.08. The van der Waals surface area contributed by atoms with Gasteiger partial charge in [0, 0.05) is 23.8 Å². The number of hydrogen-bond acceptors (Lipinski definition) is 5.